The van der Waals surface area contributed by atoms with Crippen molar-refractivity contribution in [2.45, 2.75) is 19.7 Å². The molecule has 0 bridgehead atoms. The second-order valence-corrected chi connectivity index (χ2v) is 2.86. The fourth-order valence-electron chi connectivity index (χ4n) is 1.45. The molecule has 0 atom stereocenters. The first-order valence-corrected chi connectivity index (χ1v) is 3.82. The van der Waals surface area contributed by atoms with Gasteiger partial charge in [0.15, 0.2) is 0 Å². The lowest BCUT2D eigenvalue weighted by Gasteiger charge is -1.99. The maximum Gasteiger partial charge on any atom is 0.0681 e. The summed E-state index contributed by atoms with van der Waals surface area (Å²) in [6, 6.07) is 6.13. The van der Waals surface area contributed by atoms with Gasteiger partial charge >= 0.3 is 0 Å². The molecule has 0 amide bonds. The number of nitrogens with one attached hydrogen (secondary N) is 1. The first-order chi connectivity index (χ1) is 5.40. The molecule has 0 spiro atoms. The lowest BCUT2D eigenvalue weighted by atomic mass is 10.1. The van der Waals surface area contributed by atoms with Crippen LogP contribution in [-0.2, 0) is 19.7 Å². The highest BCUT2D eigenvalue weighted by molar-refractivity contribution is 5.34. The van der Waals surface area contributed by atoms with Gasteiger partial charge in [0, 0.05) is 13.1 Å². The van der Waals surface area contributed by atoms with Crippen LogP contribution in [0, 0.1) is 0 Å². The molecule has 11 heavy (non-hydrogen) atoms. The molecule has 1 aliphatic rings. The van der Waals surface area contributed by atoms with Gasteiger partial charge in [-0.15, -0.1) is 0 Å². The SMILES string of the molecule is OCc1ccc2c(c1)CNC2. The van der Waals surface area contributed by atoms with Crippen molar-refractivity contribution in [2.24, 2.45) is 0 Å². The summed E-state index contributed by atoms with van der Waals surface area (Å²) in [6.45, 7) is 2.07. The van der Waals surface area contributed by atoms with Gasteiger partial charge in [0.2, 0.25) is 0 Å². The van der Waals surface area contributed by atoms with E-state index in [0.29, 0.717) is 0 Å². The standard InChI is InChI=1S/C9H11NO/c11-6-7-1-2-8-4-10-5-9(8)3-7/h1-3,10-11H,4-6H2. The Labute approximate surface area is 65.9 Å². The molecular formula is C9H11NO. The van der Waals surface area contributed by atoms with E-state index in [-0.39, 0.29) is 6.61 Å². The van der Waals surface area contributed by atoms with E-state index in [9.17, 15) is 0 Å². The summed E-state index contributed by atoms with van der Waals surface area (Å²) in [5.74, 6) is 0. The number of hydrogen-bond acceptors (Lipinski definition) is 2. The number of aliphatic hydroxyl groups excluding tert-OH is 1. The highest BCUT2D eigenvalue weighted by Crippen LogP contribution is 2.16. The van der Waals surface area contributed by atoms with Crippen LogP contribution in [0.5, 0.6) is 0 Å². The van der Waals surface area contributed by atoms with Gasteiger partial charge < -0.3 is 10.4 Å². The Kier molecular flexibility index (Phi) is 1.64. The molecule has 1 aromatic rings. The molecule has 2 N–H and O–H groups in total. The van der Waals surface area contributed by atoms with Crippen molar-refractivity contribution in [3.63, 3.8) is 0 Å². The molecule has 0 aromatic heterocycles. The summed E-state index contributed by atoms with van der Waals surface area (Å²) in [6.07, 6.45) is 0. The average molecular weight is 149 g/mol. The third kappa shape index (κ3) is 1.15. The van der Waals surface area contributed by atoms with Crippen molar-refractivity contribution < 1.29 is 5.11 Å². The monoisotopic (exact) mass is 149 g/mol. The maximum atomic E-state index is 8.85. The van der Waals surface area contributed by atoms with E-state index < -0.39 is 0 Å². The Morgan fingerprint density at radius 2 is 2.09 bits per heavy atom. The van der Waals surface area contributed by atoms with Crippen LogP contribution in [0.2, 0.25) is 0 Å². The lowest BCUT2D eigenvalue weighted by molar-refractivity contribution is 0.281. The zero-order valence-corrected chi connectivity index (χ0v) is 6.30. The number of aliphatic hydroxyl groups is 1. The van der Waals surface area contributed by atoms with Crippen LogP contribution in [0.25, 0.3) is 0 Å². The van der Waals surface area contributed by atoms with E-state index >= 15 is 0 Å². The highest BCUT2D eigenvalue weighted by Gasteiger charge is 2.08. The van der Waals surface area contributed by atoms with Crippen molar-refractivity contribution in [2.75, 3.05) is 0 Å². The van der Waals surface area contributed by atoms with Gasteiger partial charge in [-0.05, 0) is 16.7 Å². The minimum atomic E-state index is 0.146. The Balaban J connectivity index is 2.41. The summed E-state index contributed by atoms with van der Waals surface area (Å²) in [5, 5.41) is 12.1. The second-order valence-electron chi connectivity index (χ2n) is 2.86. The molecule has 0 radical (unpaired) electrons. The topological polar surface area (TPSA) is 32.3 Å². The van der Waals surface area contributed by atoms with Gasteiger partial charge in [-0.1, -0.05) is 18.2 Å². The average Bonchev–Trinajstić information content (AvgIpc) is 2.50. The van der Waals surface area contributed by atoms with Gasteiger partial charge in [0.25, 0.3) is 0 Å². The van der Waals surface area contributed by atoms with Crippen molar-refractivity contribution >= 4 is 0 Å². The summed E-state index contributed by atoms with van der Waals surface area (Å²) in [4.78, 5) is 0. The lowest BCUT2D eigenvalue weighted by Crippen LogP contribution is -1.99. The number of rotatable bonds is 1. The molecule has 0 saturated heterocycles. The van der Waals surface area contributed by atoms with Crippen molar-refractivity contribution in [1.29, 1.82) is 0 Å². The summed E-state index contributed by atoms with van der Waals surface area (Å²) in [5.41, 5.74) is 3.70. The van der Waals surface area contributed by atoms with E-state index in [0.717, 1.165) is 18.7 Å². The molecular weight excluding hydrogens is 138 g/mol. The van der Waals surface area contributed by atoms with Crippen molar-refractivity contribution in [3.05, 3.63) is 34.9 Å². The van der Waals surface area contributed by atoms with Gasteiger partial charge in [0.05, 0.1) is 6.61 Å². The van der Waals surface area contributed by atoms with Crippen LogP contribution in [0.3, 0.4) is 0 Å². The van der Waals surface area contributed by atoms with Crippen LogP contribution >= 0.6 is 0 Å². The molecule has 0 unspecified atom stereocenters. The summed E-state index contributed by atoms with van der Waals surface area (Å²) < 4.78 is 0. The van der Waals surface area contributed by atoms with Gasteiger partial charge in [-0.25, -0.2) is 0 Å². The molecule has 1 heterocycles. The molecule has 2 heteroatoms. The smallest absolute Gasteiger partial charge is 0.0681 e. The van der Waals surface area contributed by atoms with Crippen LogP contribution in [0.4, 0.5) is 0 Å². The first kappa shape index (κ1) is 6.83. The van der Waals surface area contributed by atoms with Gasteiger partial charge in [-0.2, -0.15) is 0 Å². The van der Waals surface area contributed by atoms with Crippen LogP contribution in [-0.4, -0.2) is 5.11 Å². The fraction of sp³-hybridized carbons (Fsp3) is 0.333. The van der Waals surface area contributed by atoms with E-state index in [1.165, 1.54) is 11.1 Å². The maximum absolute atomic E-state index is 8.85. The minimum Gasteiger partial charge on any atom is -0.392 e. The summed E-state index contributed by atoms with van der Waals surface area (Å²) in [7, 11) is 0. The van der Waals surface area contributed by atoms with E-state index in [2.05, 4.69) is 17.4 Å². The van der Waals surface area contributed by atoms with Gasteiger partial charge in [0.1, 0.15) is 0 Å². The normalized spacial score (nSPS) is 15.0. The third-order valence-electron chi connectivity index (χ3n) is 2.08. The fourth-order valence-corrected chi connectivity index (χ4v) is 1.45. The van der Waals surface area contributed by atoms with E-state index in [1.54, 1.807) is 0 Å². The molecule has 1 aromatic carbocycles. The zero-order valence-electron chi connectivity index (χ0n) is 6.30. The van der Waals surface area contributed by atoms with Crippen molar-refractivity contribution in [3.8, 4) is 0 Å². The van der Waals surface area contributed by atoms with Crippen LogP contribution < -0.4 is 5.32 Å². The molecule has 2 nitrogen and oxygen atoms in total. The summed E-state index contributed by atoms with van der Waals surface area (Å²) >= 11 is 0. The van der Waals surface area contributed by atoms with E-state index in [1.807, 2.05) is 6.07 Å². The van der Waals surface area contributed by atoms with Gasteiger partial charge in [-0.3, -0.25) is 0 Å². The molecule has 0 saturated carbocycles. The molecule has 58 valence electrons. The van der Waals surface area contributed by atoms with Crippen LogP contribution in [0.15, 0.2) is 18.2 Å². The Hall–Kier alpha value is -0.860. The predicted octanol–water partition coefficient (Wildman–Crippen LogP) is 0.782. The molecule has 2 rings (SSSR count). The zero-order chi connectivity index (χ0) is 7.68. The Morgan fingerprint density at radius 3 is 2.91 bits per heavy atom. The van der Waals surface area contributed by atoms with E-state index in [4.69, 9.17) is 5.11 Å². The quantitative estimate of drug-likeness (QED) is 0.618. The second kappa shape index (κ2) is 2.64. The molecule has 1 aliphatic heterocycles. The molecule has 0 fully saturated rings. The van der Waals surface area contributed by atoms with Crippen LogP contribution in [0.1, 0.15) is 16.7 Å². The Bertz CT molecular complexity index is 270. The minimum absolute atomic E-state index is 0.146. The third-order valence-corrected chi connectivity index (χ3v) is 2.08. The number of fused-ring (bicyclic) bond motifs is 1. The van der Waals surface area contributed by atoms with Crippen molar-refractivity contribution in [1.82, 2.24) is 5.32 Å². The highest BCUT2D eigenvalue weighted by atomic mass is 16.3. The Morgan fingerprint density at radius 1 is 1.27 bits per heavy atom. The molecule has 0 aliphatic carbocycles. The first-order valence-electron chi connectivity index (χ1n) is 3.82. The largest absolute Gasteiger partial charge is 0.392 e. The number of benzene rings is 1. The number of hydrogen-bond donors (Lipinski definition) is 2. The predicted molar refractivity (Wildman–Crippen MR) is 42.9 cm³/mol.